The summed E-state index contributed by atoms with van der Waals surface area (Å²) in [5.41, 5.74) is -0.658. The van der Waals surface area contributed by atoms with Gasteiger partial charge in [-0.2, -0.15) is 0 Å². The molecule has 0 aliphatic carbocycles. The van der Waals surface area contributed by atoms with Crippen LogP contribution in [0.5, 0.6) is 0 Å². The number of likely N-dealkylation sites (N-methyl/N-ethyl adjacent to an activating group) is 1. The Balaban J connectivity index is 2.66. The summed E-state index contributed by atoms with van der Waals surface area (Å²) in [5.74, 6) is -0.152. The second kappa shape index (κ2) is 10.4. The van der Waals surface area contributed by atoms with Gasteiger partial charge in [0.2, 0.25) is 5.95 Å². The van der Waals surface area contributed by atoms with Gasteiger partial charge in [0.1, 0.15) is 11.6 Å². The number of alkyl carbamates (subject to hydrolysis) is 1. The molecule has 0 radical (unpaired) electrons. The predicted octanol–water partition coefficient (Wildman–Crippen LogP) is 0.465. The zero-order chi connectivity index (χ0) is 19.6. The third-order valence-corrected chi connectivity index (χ3v) is 3.31. The standard InChI is InChI=1S/C15H28N8O3/c1-15(2,3)26-14(25)18-11(7-5-6-9-17-10-8-16)12(24)23(4)13-19-21-22-20-13/h8,11,16-17H,5-7,9-10H2,1-4H3,(H,18,25)(H,19,20,21,22). The van der Waals surface area contributed by atoms with E-state index >= 15 is 0 Å². The molecule has 0 saturated carbocycles. The van der Waals surface area contributed by atoms with Crippen LogP contribution >= 0.6 is 0 Å². The Morgan fingerprint density at radius 2 is 2.12 bits per heavy atom. The quantitative estimate of drug-likeness (QED) is 0.346. The fourth-order valence-electron chi connectivity index (χ4n) is 2.11. The van der Waals surface area contributed by atoms with Crippen LogP contribution in [0.4, 0.5) is 10.7 Å². The number of aromatic nitrogens is 4. The number of nitrogens with one attached hydrogen (secondary N) is 4. The SMILES string of the molecule is CN(C(=O)C(CCCCNCC=N)NC(=O)OC(C)(C)C)c1nnn[nH]1. The second-order valence-electron chi connectivity index (χ2n) is 6.72. The van der Waals surface area contributed by atoms with Gasteiger partial charge < -0.3 is 20.8 Å². The third kappa shape index (κ3) is 8.01. The molecular weight excluding hydrogens is 340 g/mol. The number of hydrogen-bond acceptors (Lipinski definition) is 8. The Kier molecular flexibility index (Phi) is 8.62. The van der Waals surface area contributed by atoms with E-state index in [0.717, 1.165) is 13.0 Å². The van der Waals surface area contributed by atoms with E-state index in [4.69, 9.17) is 10.1 Å². The summed E-state index contributed by atoms with van der Waals surface area (Å²) in [5, 5.41) is 25.8. The molecule has 1 aromatic heterocycles. The summed E-state index contributed by atoms with van der Waals surface area (Å²) >= 11 is 0. The van der Waals surface area contributed by atoms with E-state index in [1.54, 1.807) is 20.8 Å². The monoisotopic (exact) mass is 368 g/mol. The van der Waals surface area contributed by atoms with Gasteiger partial charge in [0.05, 0.1) is 0 Å². The Bertz CT molecular complexity index is 570. The van der Waals surface area contributed by atoms with Crippen molar-refractivity contribution >= 4 is 24.2 Å². The molecule has 0 aliphatic heterocycles. The summed E-state index contributed by atoms with van der Waals surface area (Å²) in [7, 11) is 1.53. The first-order chi connectivity index (χ1) is 12.2. The van der Waals surface area contributed by atoms with E-state index in [1.807, 2.05) is 0 Å². The Morgan fingerprint density at radius 1 is 1.38 bits per heavy atom. The molecule has 0 fully saturated rings. The average molecular weight is 368 g/mol. The number of rotatable bonds is 10. The lowest BCUT2D eigenvalue weighted by Crippen LogP contribution is -2.49. The van der Waals surface area contributed by atoms with Crippen LogP contribution in [-0.2, 0) is 9.53 Å². The van der Waals surface area contributed by atoms with Gasteiger partial charge in [-0.25, -0.2) is 9.89 Å². The molecule has 0 saturated heterocycles. The summed E-state index contributed by atoms with van der Waals surface area (Å²) < 4.78 is 5.24. The number of H-pyrrole nitrogens is 1. The maximum absolute atomic E-state index is 12.7. The molecule has 1 aromatic rings. The first-order valence-electron chi connectivity index (χ1n) is 8.45. The lowest BCUT2D eigenvalue weighted by atomic mass is 10.1. The average Bonchev–Trinajstić information content (AvgIpc) is 3.08. The van der Waals surface area contributed by atoms with Gasteiger partial charge >= 0.3 is 6.09 Å². The smallest absolute Gasteiger partial charge is 0.408 e. The van der Waals surface area contributed by atoms with Crippen LogP contribution in [0.3, 0.4) is 0 Å². The number of ether oxygens (including phenoxy) is 1. The fourth-order valence-corrected chi connectivity index (χ4v) is 2.11. The number of tetrazole rings is 1. The van der Waals surface area contributed by atoms with Crippen LogP contribution < -0.4 is 15.5 Å². The molecule has 0 bridgehead atoms. The van der Waals surface area contributed by atoms with E-state index in [9.17, 15) is 9.59 Å². The Hall–Kier alpha value is -2.56. The largest absolute Gasteiger partial charge is 0.444 e. The molecule has 1 rings (SSSR count). The molecule has 1 heterocycles. The molecule has 26 heavy (non-hydrogen) atoms. The summed E-state index contributed by atoms with van der Waals surface area (Å²) in [6.07, 6.45) is 2.59. The van der Waals surface area contributed by atoms with E-state index < -0.39 is 17.7 Å². The Labute approximate surface area is 152 Å². The van der Waals surface area contributed by atoms with Gasteiger partial charge in [-0.05, 0) is 57.0 Å². The number of carbonyl (C=O) groups is 2. The highest BCUT2D eigenvalue weighted by molar-refractivity contribution is 5.96. The second-order valence-corrected chi connectivity index (χ2v) is 6.72. The summed E-state index contributed by atoms with van der Waals surface area (Å²) in [6, 6.07) is -0.761. The summed E-state index contributed by atoms with van der Waals surface area (Å²) in [4.78, 5) is 26.0. The van der Waals surface area contributed by atoms with Gasteiger partial charge in [-0.1, -0.05) is 5.10 Å². The van der Waals surface area contributed by atoms with Crippen molar-refractivity contribution in [1.82, 2.24) is 31.3 Å². The van der Waals surface area contributed by atoms with Crippen molar-refractivity contribution in [2.75, 3.05) is 25.0 Å². The van der Waals surface area contributed by atoms with Gasteiger partial charge in [0.25, 0.3) is 5.91 Å². The topological polar surface area (TPSA) is 149 Å². The highest BCUT2D eigenvalue weighted by Crippen LogP contribution is 2.11. The maximum atomic E-state index is 12.7. The third-order valence-electron chi connectivity index (χ3n) is 3.31. The van der Waals surface area contributed by atoms with Crippen molar-refractivity contribution < 1.29 is 14.3 Å². The lowest BCUT2D eigenvalue weighted by molar-refractivity contribution is -0.120. The summed E-state index contributed by atoms with van der Waals surface area (Å²) in [6.45, 7) is 6.50. The normalized spacial score (nSPS) is 12.3. The number of unbranched alkanes of at least 4 members (excludes halogenated alkanes) is 1. The minimum absolute atomic E-state index is 0.193. The number of hydrogen-bond donors (Lipinski definition) is 4. The molecule has 146 valence electrons. The predicted molar refractivity (Wildman–Crippen MR) is 96.2 cm³/mol. The maximum Gasteiger partial charge on any atom is 0.408 e. The number of amides is 2. The zero-order valence-electron chi connectivity index (χ0n) is 15.7. The highest BCUT2D eigenvalue weighted by Gasteiger charge is 2.28. The minimum atomic E-state index is -0.761. The van der Waals surface area contributed by atoms with Crippen LogP contribution in [-0.4, -0.2) is 70.6 Å². The van der Waals surface area contributed by atoms with Crippen LogP contribution in [0.15, 0.2) is 0 Å². The van der Waals surface area contributed by atoms with Crippen molar-refractivity contribution in [3.8, 4) is 0 Å². The van der Waals surface area contributed by atoms with Crippen LogP contribution in [0.25, 0.3) is 0 Å². The van der Waals surface area contributed by atoms with E-state index in [1.165, 1.54) is 18.2 Å². The molecule has 0 aliphatic rings. The first kappa shape index (κ1) is 21.5. The number of aromatic amines is 1. The van der Waals surface area contributed by atoms with Crippen molar-refractivity contribution in [3.05, 3.63) is 0 Å². The van der Waals surface area contributed by atoms with E-state index in [2.05, 4.69) is 31.3 Å². The molecule has 4 N–H and O–H groups in total. The van der Waals surface area contributed by atoms with Gasteiger partial charge in [-0.15, -0.1) is 0 Å². The molecule has 1 atom stereocenters. The fraction of sp³-hybridized carbons (Fsp3) is 0.733. The van der Waals surface area contributed by atoms with Crippen LogP contribution in [0.1, 0.15) is 40.0 Å². The number of nitrogens with zero attached hydrogens (tertiary/aromatic N) is 4. The minimum Gasteiger partial charge on any atom is -0.444 e. The number of anilines is 1. The van der Waals surface area contributed by atoms with Crippen LogP contribution in [0, 0.1) is 5.41 Å². The van der Waals surface area contributed by atoms with E-state index in [0.29, 0.717) is 19.4 Å². The zero-order valence-corrected chi connectivity index (χ0v) is 15.7. The van der Waals surface area contributed by atoms with Gasteiger partial charge in [0, 0.05) is 19.8 Å². The Morgan fingerprint density at radius 3 is 2.69 bits per heavy atom. The van der Waals surface area contributed by atoms with Crippen molar-refractivity contribution in [2.24, 2.45) is 0 Å². The molecule has 1 unspecified atom stereocenters. The van der Waals surface area contributed by atoms with Gasteiger partial charge in [0.15, 0.2) is 0 Å². The molecule has 11 nitrogen and oxygen atoms in total. The van der Waals surface area contributed by atoms with Crippen molar-refractivity contribution in [3.63, 3.8) is 0 Å². The lowest BCUT2D eigenvalue weighted by Gasteiger charge is -2.25. The van der Waals surface area contributed by atoms with Gasteiger partial charge in [-0.3, -0.25) is 9.69 Å². The van der Waals surface area contributed by atoms with E-state index in [-0.39, 0.29) is 11.9 Å². The molecule has 11 heteroatoms. The van der Waals surface area contributed by atoms with Crippen LogP contribution in [0.2, 0.25) is 0 Å². The van der Waals surface area contributed by atoms with Crippen molar-refractivity contribution in [2.45, 2.75) is 51.7 Å². The number of carbonyl (C=O) groups excluding carboxylic acids is 2. The van der Waals surface area contributed by atoms with Crippen molar-refractivity contribution in [1.29, 1.82) is 5.41 Å². The molecular formula is C15H28N8O3. The first-order valence-corrected chi connectivity index (χ1v) is 8.45. The molecule has 0 spiro atoms. The molecule has 0 aromatic carbocycles. The highest BCUT2D eigenvalue weighted by atomic mass is 16.6. The molecule has 2 amide bonds.